The molecule has 0 atom stereocenters. The second-order valence-electron chi connectivity index (χ2n) is 1.34. The third-order valence-electron chi connectivity index (χ3n) is 0.722. The summed E-state index contributed by atoms with van der Waals surface area (Å²) < 4.78 is 0. The van der Waals surface area contributed by atoms with Crippen LogP contribution in [0.3, 0.4) is 0 Å². The zero-order valence-electron chi connectivity index (χ0n) is 6.22. The fourth-order valence-corrected chi connectivity index (χ4v) is 0.379. The molecule has 1 aromatic rings. The maximum Gasteiger partial charge on any atom is 0 e. The van der Waals surface area contributed by atoms with E-state index in [1.54, 1.807) is 19.1 Å². The van der Waals surface area contributed by atoms with E-state index >= 15 is 0 Å². The molecule has 1 rings (SSSR count). The van der Waals surface area contributed by atoms with E-state index in [4.69, 9.17) is 0 Å². The van der Waals surface area contributed by atoms with Gasteiger partial charge in [-0.05, 0) is 0 Å². The Balaban J connectivity index is 0. The van der Waals surface area contributed by atoms with Gasteiger partial charge in [-0.25, -0.2) is 0 Å². The van der Waals surface area contributed by atoms with Crippen LogP contribution in [0.5, 0.6) is 0 Å². The molecule has 0 aliphatic carbocycles. The first kappa shape index (κ1) is 12.7. The van der Waals surface area contributed by atoms with Crippen LogP contribution in [0, 0.1) is 26.0 Å². The smallest absolute Gasteiger partial charge is 0 e. The first-order valence-corrected chi connectivity index (χ1v) is 2.80. The Kier molecular flexibility index (Phi) is 11.4. The van der Waals surface area contributed by atoms with Crippen molar-refractivity contribution < 1.29 is 32.7 Å². The van der Waals surface area contributed by atoms with E-state index in [1.807, 2.05) is 6.07 Å². The van der Waals surface area contributed by atoms with E-state index < -0.39 is 0 Å². The Morgan fingerprint density at radius 1 is 1.30 bits per heavy atom. The van der Waals surface area contributed by atoms with Gasteiger partial charge < -0.3 is 6.92 Å². The zero-order valence-corrected chi connectivity index (χ0v) is 9.06. The first-order chi connectivity index (χ1) is 4.39. The number of hydrogen-bond acceptors (Lipinski definition) is 0. The molecular formula is C9H10Y-2. The minimum absolute atomic E-state index is 0. The topological polar surface area (TPSA) is 0 Å². The summed E-state index contributed by atoms with van der Waals surface area (Å²) in [5.74, 6) is 0. The Morgan fingerprint density at radius 2 is 1.90 bits per heavy atom. The molecule has 10 heavy (non-hydrogen) atoms. The van der Waals surface area contributed by atoms with Gasteiger partial charge in [-0.15, -0.1) is 12.1 Å². The van der Waals surface area contributed by atoms with Gasteiger partial charge in [-0.3, -0.25) is 0 Å². The van der Waals surface area contributed by atoms with Crippen LogP contribution in [0.2, 0.25) is 0 Å². The number of hydrogen-bond donors (Lipinski definition) is 0. The molecule has 0 nitrogen and oxygen atoms in total. The monoisotopic (exact) mass is 207 g/mol. The number of rotatable bonds is 0. The largest absolute Gasteiger partial charge is 0.346 e. The Morgan fingerprint density at radius 3 is 2.10 bits per heavy atom. The van der Waals surface area contributed by atoms with Crippen molar-refractivity contribution >= 4 is 0 Å². The Labute approximate surface area is 88.9 Å². The van der Waals surface area contributed by atoms with Gasteiger partial charge >= 0.3 is 0 Å². The molecule has 1 heteroatoms. The Hall–Kier alpha value is 0.0139. The Bertz CT molecular complexity index is 135. The van der Waals surface area contributed by atoms with Crippen molar-refractivity contribution in [3.63, 3.8) is 0 Å². The van der Waals surface area contributed by atoms with E-state index in [2.05, 4.69) is 26.0 Å². The van der Waals surface area contributed by atoms with Gasteiger partial charge in [0, 0.05) is 32.7 Å². The van der Waals surface area contributed by atoms with E-state index in [9.17, 15) is 0 Å². The molecule has 0 unspecified atom stereocenters. The first-order valence-electron chi connectivity index (χ1n) is 2.80. The molecular weight excluding hydrogens is 197 g/mol. The van der Waals surface area contributed by atoms with Crippen molar-refractivity contribution in [1.29, 1.82) is 0 Å². The molecule has 0 N–H and O–H groups in total. The van der Waals surface area contributed by atoms with Crippen LogP contribution in [0.4, 0.5) is 0 Å². The summed E-state index contributed by atoms with van der Waals surface area (Å²) in [6.45, 7) is 8.67. The average Bonchev–Trinajstić information content (AvgIpc) is 1.94. The molecule has 0 bridgehead atoms. The van der Waals surface area contributed by atoms with Crippen LogP contribution < -0.4 is 0 Å². The van der Waals surface area contributed by atoms with Gasteiger partial charge in [0.2, 0.25) is 0 Å². The summed E-state index contributed by atoms with van der Waals surface area (Å²) in [4.78, 5) is 0. The minimum Gasteiger partial charge on any atom is -0.346 e. The second-order valence-corrected chi connectivity index (χ2v) is 1.34. The summed E-state index contributed by atoms with van der Waals surface area (Å²) in [5, 5.41) is 0. The summed E-state index contributed by atoms with van der Waals surface area (Å²) in [6.07, 6.45) is 0. The van der Waals surface area contributed by atoms with Gasteiger partial charge in [0.15, 0.2) is 0 Å². The van der Waals surface area contributed by atoms with Crippen molar-refractivity contribution in [3.05, 3.63) is 49.7 Å². The molecule has 0 saturated heterocycles. The summed E-state index contributed by atoms with van der Waals surface area (Å²) in [6, 6.07) is 11.0. The van der Waals surface area contributed by atoms with Gasteiger partial charge in [0.1, 0.15) is 0 Å². The van der Waals surface area contributed by atoms with Gasteiger partial charge in [0.25, 0.3) is 0 Å². The average molecular weight is 207 g/mol. The van der Waals surface area contributed by atoms with Crippen molar-refractivity contribution in [2.45, 2.75) is 6.92 Å². The summed E-state index contributed by atoms with van der Waals surface area (Å²) >= 11 is 0. The molecule has 0 aliphatic rings. The third-order valence-corrected chi connectivity index (χ3v) is 0.722. The molecule has 0 aliphatic heterocycles. The van der Waals surface area contributed by atoms with Crippen LogP contribution in [0.15, 0.2) is 18.2 Å². The predicted molar refractivity (Wildman–Crippen MR) is 39.6 cm³/mol. The van der Waals surface area contributed by atoms with Gasteiger partial charge in [-0.1, -0.05) is 12.1 Å². The fourth-order valence-electron chi connectivity index (χ4n) is 0.379. The van der Waals surface area contributed by atoms with Crippen LogP contribution in [0.1, 0.15) is 12.5 Å². The molecule has 0 aromatic heterocycles. The molecule has 1 radical (unpaired) electrons. The predicted octanol–water partition coefficient (Wildman–Crippen LogP) is 2.31. The van der Waals surface area contributed by atoms with E-state index in [0.717, 1.165) is 5.56 Å². The molecule has 51 valence electrons. The normalized spacial score (nSPS) is 5.80. The van der Waals surface area contributed by atoms with Gasteiger partial charge in [0.05, 0.1) is 0 Å². The van der Waals surface area contributed by atoms with Crippen LogP contribution >= 0.6 is 0 Å². The van der Waals surface area contributed by atoms with E-state index in [-0.39, 0.29) is 32.7 Å². The fraction of sp³-hybridized carbons (Fsp3) is 0.111. The molecule has 0 amide bonds. The standard InChI is InChI=1S/C7H5.C2H5.Y/c1-7-5-3-2-4-6-7;1-2;/h3,5-6H,1H2;1H2,2H3;/q2*-1;. The van der Waals surface area contributed by atoms with E-state index in [0.29, 0.717) is 0 Å². The van der Waals surface area contributed by atoms with Gasteiger partial charge in [-0.2, -0.15) is 25.5 Å². The zero-order chi connectivity index (χ0) is 7.11. The van der Waals surface area contributed by atoms with Crippen molar-refractivity contribution in [1.82, 2.24) is 0 Å². The van der Waals surface area contributed by atoms with Crippen LogP contribution in [0.25, 0.3) is 0 Å². The third kappa shape index (κ3) is 6.14. The van der Waals surface area contributed by atoms with Crippen LogP contribution in [-0.2, 0) is 32.7 Å². The summed E-state index contributed by atoms with van der Waals surface area (Å²) in [7, 11) is 0. The SMILES string of the molecule is [CH2-]C.[CH2-]c1cc#ccc1.[Y]. The van der Waals surface area contributed by atoms with Crippen molar-refractivity contribution in [2.24, 2.45) is 0 Å². The van der Waals surface area contributed by atoms with Crippen molar-refractivity contribution in [2.75, 3.05) is 0 Å². The molecule has 0 spiro atoms. The quantitative estimate of drug-likeness (QED) is 0.572. The van der Waals surface area contributed by atoms with E-state index in [1.165, 1.54) is 0 Å². The molecule has 0 heterocycles. The summed E-state index contributed by atoms with van der Waals surface area (Å²) in [5.41, 5.74) is 0.985. The maximum absolute atomic E-state index is 3.67. The maximum atomic E-state index is 3.67. The van der Waals surface area contributed by atoms with Crippen molar-refractivity contribution in [3.8, 4) is 0 Å². The molecule has 1 aromatic carbocycles. The molecule has 0 fully saturated rings. The minimum atomic E-state index is 0. The molecule has 0 saturated carbocycles. The second kappa shape index (κ2) is 9.01. The van der Waals surface area contributed by atoms with Crippen LogP contribution in [-0.4, -0.2) is 0 Å².